The highest BCUT2D eigenvalue weighted by atomic mass is 15.2. The van der Waals surface area contributed by atoms with Gasteiger partial charge in [0.1, 0.15) is 0 Å². The number of likely N-dealkylation sites (N-methyl/N-ethyl adjacent to an activating group) is 1. The molecular formula is C15H20BN3. The Morgan fingerprint density at radius 1 is 1.11 bits per heavy atom. The van der Waals surface area contributed by atoms with E-state index >= 15 is 0 Å². The molecule has 0 bridgehead atoms. The molecular weight excluding hydrogens is 233 g/mol. The van der Waals surface area contributed by atoms with Crippen LogP contribution >= 0.6 is 0 Å². The van der Waals surface area contributed by atoms with Crippen LogP contribution < -0.4 is 10.4 Å². The van der Waals surface area contributed by atoms with Gasteiger partial charge < -0.3 is 9.80 Å². The molecule has 98 valence electrons. The van der Waals surface area contributed by atoms with Crippen LogP contribution in [0.1, 0.15) is 0 Å². The Bertz CT molecular complexity index is 577. The minimum absolute atomic E-state index is 1.08. The summed E-state index contributed by atoms with van der Waals surface area (Å²) in [5.74, 6) is 0. The average molecular weight is 253 g/mol. The monoisotopic (exact) mass is 253 g/mol. The van der Waals surface area contributed by atoms with E-state index in [1.807, 2.05) is 6.20 Å². The van der Waals surface area contributed by atoms with Crippen molar-refractivity contribution < 1.29 is 0 Å². The molecule has 2 heterocycles. The molecule has 0 atom stereocenters. The van der Waals surface area contributed by atoms with Crippen LogP contribution in [0.4, 0.5) is 5.69 Å². The zero-order valence-corrected chi connectivity index (χ0v) is 11.8. The summed E-state index contributed by atoms with van der Waals surface area (Å²) in [5, 5.41) is 1.30. The van der Waals surface area contributed by atoms with Gasteiger partial charge in [-0.3, -0.25) is 4.98 Å². The van der Waals surface area contributed by atoms with E-state index in [-0.39, 0.29) is 0 Å². The Morgan fingerprint density at radius 3 is 2.63 bits per heavy atom. The van der Waals surface area contributed by atoms with Gasteiger partial charge in [0.25, 0.3) is 0 Å². The lowest BCUT2D eigenvalue weighted by atomic mass is 9.73. The molecule has 1 aromatic heterocycles. The standard InChI is InChI=1S/C15H20BN3/c1-16-12-3-4-14-13(11-12)15(5-6-17-14)19-9-7-18(2)8-10-19/h3-6,11,16H,7-10H2,1-2H3. The van der Waals surface area contributed by atoms with Crippen LogP contribution in [-0.2, 0) is 0 Å². The highest BCUT2D eigenvalue weighted by molar-refractivity contribution is 6.52. The predicted octanol–water partition coefficient (Wildman–Crippen LogP) is 1.10. The summed E-state index contributed by atoms with van der Waals surface area (Å²) in [5.41, 5.74) is 3.83. The second-order valence-corrected chi connectivity index (χ2v) is 5.33. The molecule has 1 aromatic carbocycles. The predicted molar refractivity (Wildman–Crippen MR) is 84.1 cm³/mol. The molecule has 0 saturated carbocycles. The summed E-state index contributed by atoms with van der Waals surface area (Å²) in [4.78, 5) is 9.37. The van der Waals surface area contributed by atoms with Crippen molar-refractivity contribution in [2.45, 2.75) is 6.82 Å². The third-order valence-electron chi connectivity index (χ3n) is 4.04. The molecule has 1 saturated heterocycles. The summed E-state index contributed by atoms with van der Waals surface area (Å²) in [6, 6.07) is 8.79. The highest BCUT2D eigenvalue weighted by Crippen LogP contribution is 2.25. The summed E-state index contributed by atoms with van der Waals surface area (Å²) in [6.07, 6.45) is 1.93. The number of aromatic nitrogens is 1. The first kappa shape index (κ1) is 12.5. The Morgan fingerprint density at radius 2 is 1.89 bits per heavy atom. The Labute approximate surface area is 115 Å². The van der Waals surface area contributed by atoms with E-state index < -0.39 is 0 Å². The molecule has 0 unspecified atom stereocenters. The normalized spacial score (nSPS) is 16.8. The maximum atomic E-state index is 4.49. The van der Waals surface area contributed by atoms with Crippen LogP contribution in [0.3, 0.4) is 0 Å². The van der Waals surface area contributed by atoms with Crippen molar-refractivity contribution in [1.82, 2.24) is 9.88 Å². The molecule has 0 radical (unpaired) electrons. The summed E-state index contributed by atoms with van der Waals surface area (Å²) >= 11 is 0. The second kappa shape index (κ2) is 5.21. The Kier molecular flexibility index (Phi) is 3.43. The van der Waals surface area contributed by atoms with E-state index in [4.69, 9.17) is 0 Å². The van der Waals surface area contributed by atoms with Crippen LogP contribution in [0.5, 0.6) is 0 Å². The summed E-state index contributed by atoms with van der Waals surface area (Å²) in [7, 11) is 3.27. The van der Waals surface area contributed by atoms with Gasteiger partial charge >= 0.3 is 0 Å². The van der Waals surface area contributed by atoms with E-state index in [1.54, 1.807) is 0 Å². The Balaban J connectivity index is 2.02. The van der Waals surface area contributed by atoms with Crippen LogP contribution in [0.15, 0.2) is 30.5 Å². The number of piperazine rings is 1. The minimum Gasteiger partial charge on any atom is -0.368 e. The maximum absolute atomic E-state index is 4.49. The topological polar surface area (TPSA) is 19.4 Å². The molecule has 2 aromatic rings. The van der Waals surface area contributed by atoms with Gasteiger partial charge in [-0.05, 0) is 19.2 Å². The first-order valence-electron chi connectivity index (χ1n) is 7.09. The van der Waals surface area contributed by atoms with Crippen molar-refractivity contribution in [2.24, 2.45) is 0 Å². The molecule has 0 spiro atoms. The fourth-order valence-corrected chi connectivity index (χ4v) is 2.72. The number of fused-ring (bicyclic) bond motifs is 1. The van der Waals surface area contributed by atoms with E-state index in [0.29, 0.717) is 0 Å². The van der Waals surface area contributed by atoms with Gasteiger partial charge in [-0.1, -0.05) is 24.4 Å². The van der Waals surface area contributed by atoms with Crippen molar-refractivity contribution in [3.63, 3.8) is 0 Å². The van der Waals surface area contributed by atoms with Crippen molar-refractivity contribution in [3.05, 3.63) is 30.5 Å². The molecule has 1 aliphatic rings. The average Bonchev–Trinajstić information content (AvgIpc) is 2.47. The quantitative estimate of drug-likeness (QED) is 0.747. The fraction of sp³-hybridized carbons (Fsp3) is 0.400. The third-order valence-corrected chi connectivity index (χ3v) is 4.04. The molecule has 1 fully saturated rings. The first-order chi connectivity index (χ1) is 9.28. The minimum atomic E-state index is 1.08. The van der Waals surface area contributed by atoms with Gasteiger partial charge in [0.2, 0.25) is 0 Å². The largest absolute Gasteiger partial charge is 0.368 e. The number of hydrogen-bond donors (Lipinski definition) is 0. The Hall–Kier alpha value is -1.55. The lowest BCUT2D eigenvalue weighted by Gasteiger charge is -2.34. The van der Waals surface area contributed by atoms with Gasteiger partial charge in [-0.25, -0.2) is 0 Å². The van der Waals surface area contributed by atoms with Crippen molar-refractivity contribution in [1.29, 1.82) is 0 Å². The summed E-state index contributed by atoms with van der Waals surface area (Å²) in [6.45, 7) is 6.68. The molecule has 0 aliphatic carbocycles. The molecule has 19 heavy (non-hydrogen) atoms. The van der Waals surface area contributed by atoms with Crippen molar-refractivity contribution in [2.75, 3.05) is 38.1 Å². The van der Waals surface area contributed by atoms with Crippen LogP contribution in [0.2, 0.25) is 6.82 Å². The molecule has 4 heteroatoms. The second-order valence-electron chi connectivity index (χ2n) is 5.33. The summed E-state index contributed by atoms with van der Waals surface area (Å²) < 4.78 is 0. The van der Waals surface area contributed by atoms with E-state index in [9.17, 15) is 0 Å². The van der Waals surface area contributed by atoms with Crippen LogP contribution in [-0.4, -0.2) is 50.4 Å². The van der Waals surface area contributed by atoms with Crippen LogP contribution in [0, 0.1) is 0 Å². The molecule has 3 rings (SSSR count). The van der Waals surface area contributed by atoms with E-state index in [1.165, 1.54) is 16.5 Å². The smallest absolute Gasteiger partial charge is 0.154 e. The third kappa shape index (κ3) is 2.45. The first-order valence-corrected chi connectivity index (χ1v) is 7.09. The SMILES string of the molecule is CBc1ccc2nccc(N3CCN(C)CC3)c2c1. The number of rotatable bonds is 2. The number of pyridine rings is 1. The molecule has 0 N–H and O–H groups in total. The van der Waals surface area contributed by atoms with E-state index in [2.05, 4.69) is 52.9 Å². The van der Waals surface area contributed by atoms with Gasteiger partial charge in [0, 0.05) is 43.4 Å². The van der Waals surface area contributed by atoms with Gasteiger partial charge in [-0.2, -0.15) is 0 Å². The zero-order valence-electron chi connectivity index (χ0n) is 11.8. The number of hydrogen-bond acceptors (Lipinski definition) is 3. The molecule has 1 aliphatic heterocycles. The van der Waals surface area contributed by atoms with Crippen LogP contribution in [0.25, 0.3) is 10.9 Å². The van der Waals surface area contributed by atoms with Gasteiger partial charge in [0.05, 0.1) is 5.52 Å². The van der Waals surface area contributed by atoms with Gasteiger partial charge in [0.15, 0.2) is 7.28 Å². The maximum Gasteiger partial charge on any atom is 0.154 e. The number of anilines is 1. The van der Waals surface area contributed by atoms with E-state index in [0.717, 1.165) is 39.0 Å². The van der Waals surface area contributed by atoms with Gasteiger partial charge in [-0.15, -0.1) is 0 Å². The van der Waals surface area contributed by atoms with Crippen molar-refractivity contribution in [3.8, 4) is 0 Å². The number of benzene rings is 1. The van der Waals surface area contributed by atoms with Crippen molar-refractivity contribution >= 4 is 29.3 Å². The molecule has 0 amide bonds. The lowest BCUT2D eigenvalue weighted by molar-refractivity contribution is 0.313. The number of nitrogens with zero attached hydrogens (tertiary/aromatic N) is 3. The zero-order chi connectivity index (χ0) is 13.2. The highest BCUT2D eigenvalue weighted by Gasteiger charge is 2.16. The fourth-order valence-electron chi connectivity index (χ4n) is 2.72. The molecule has 3 nitrogen and oxygen atoms in total. The lowest BCUT2D eigenvalue weighted by Crippen LogP contribution is -2.44.